The Kier molecular flexibility index (Phi) is 5.25. The van der Waals surface area contributed by atoms with Crippen LogP contribution < -0.4 is 5.56 Å². The number of morpholine rings is 1. The van der Waals surface area contributed by atoms with Crippen LogP contribution in [0.25, 0.3) is 0 Å². The molecule has 1 saturated heterocycles. The molecule has 2 aromatic rings. The van der Waals surface area contributed by atoms with Crippen molar-refractivity contribution in [3.05, 3.63) is 69.1 Å². The number of carbonyl (C=O) groups excluding carboxylic acids is 1. The maximum absolute atomic E-state index is 12.8. The number of pyridine rings is 1. The topological polar surface area (TPSA) is 51.5 Å². The number of ether oxygens (including phenoxy) is 1. The van der Waals surface area contributed by atoms with E-state index in [0.29, 0.717) is 30.2 Å². The van der Waals surface area contributed by atoms with Crippen LogP contribution in [0.1, 0.15) is 29.8 Å². The molecule has 132 valence electrons. The van der Waals surface area contributed by atoms with E-state index in [1.54, 1.807) is 23.2 Å². The fourth-order valence-corrected chi connectivity index (χ4v) is 3.31. The van der Waals surface area contributed by atoms with Gasteiger partial charge in [-0.1, -0.05) is 29.8 Å². The molecule has 0 N–H and O–H groups in total. The summed E-state index contributed by atoms with van der Waals surface area (Å²) in [4.78, 5) is 26.7. The van der Waals surface area contributed by atoms with Gasteiger partial charge in [-0.3, -0.25) is 9.59 Å². The van der Waals surface area contributed by atoms with Crippen molar-refractivity contribution < 1.29 is 9.53 Å². The molecule has 3 rings (SSSR count). The normalized spacial score (nSPS) is 20.5. The van der Waals surface area contributed by atoms with Crippen molar-refractivity contribution in [2.75, 3.05) is 13.1 Å². The van der Waals surface area contributed by atoms with E-state index in [1.165, 1.54) is 10.6 Å². The largest absolute Gasteiger partial charge is 0.372 e. The van der Waals surface area contributed by atoms with Gasteiger partial charge in [0.05, 0.1) is 24.3 Å². The summed E-state index contributed by atoms with van der Waals surface area (Å²) in [5.74, 6) is -0.0880. The molecule has 0 spiro atoms. The number of hydrogen-bond acceptors (Lipinski definition) is 3. The summed E-state index contributed by atoms with van der Waals surface area (Å²) in [7, 11) is 0. The van der Waals surface area contributed by atoms with Crippen LogP contribution in [0.3, 0.4) is 0 Å². The van der Waals surface area contributed by atoms with Crippen molar-refractivity contribution in [1.82, 2.24) is 9.47 Å². The van der Waals surface area contributed by atoms with Gasteiger partial charge in [0.15, 0.2) is 0 Å². The minimum atomic E-state index is -0.166. The number of nitrogens with zero attached hydrogens (tertiary/aromatic N) is 2. The molecule has 6 heteroatoms. The molecule has 1 aromatic heterocycles. The Morgan fingerprint density at radius 3 is 2.52 bits per heavy atom. The molecular weight excluding hydrogens is 340 g/mol. The first-order valence-corrected chi connectivity index (χ1v) is 8.70. The Hall–Kier alpha value is -2.11. The van der Waals surface area contributed by atoms with Crippen LogP contribution in [0, 0.1) is 0 Å². The average Bonchev–Trinajstić information content (AvgIpc) is 2.57. The molecule has 2 atom stereocenters. The molecule has 1 aliphatic rings. The van der Waals surface area contributed by atoms with Crippen LogP contribution in [0.5, 0.6) is 0 Å². The molecule has 0 bridgehead atoms. The van der Waals surface area contributed by atoms with Crippen molar-refractivity contribution in [2.45, 2.75) is 32.6 Å². The first-order valence-electron chi connectivity index (χ1n) is 8.32. The first-order chi connectivity index (χ1) is 11.9. The van der Waals surface area contributed by atoms with Crippen LogP contribution in [-0.2, 0) is 11.3 Å². The average molecular weight is 361 g/mol. The number of hydrogen-bond donors (Lipinski definition) is 0. The number of aromatic nitrogens is 1. The second-order valence-electron chi connectivity index (χ2n) is 6.44. The van der Waals surface area contributed by atoms with E-state index in [-0.39, 0.29) is 23.7 Å². The van der Waals surface area contributed by atoms with E-state index >= 15 is 0 Å². The Morgan fingerprint density at radius 2 is 1.84 bits per heavy atom. The fraction of sp³-hybridized carbons (Fsp3) is 0.368. The van der Waals surface area contributed by atoms with Crippen molar-refractivity contribution >= 4 is 17.5 Å². The molecule has 5 nitrogen and oxygen atoms in total. The van der Waals surface area contributed by atoms with Crippen LogP contribution >= 0.6 is 11.6 Å². The van der Waals surface area contributed by atoms with Crippen molar-refractivity contribution in [2.24, 2.45) is 0 Å². The molecule has 1 fully saturated rings. The van der Waals surface area contributed by atoms with Crippen LogP contribution in [0.4, 0.5) is 0 Å². The summed E-state index contributed by atoms with van der Waals surface area (Å²) in [5, 5.41) is 0.599. The minimum absolute atomic E-state index is 0.00160. The maximum atomic E-state index is 12.8. The van der Waals surface area contributed by atoms with E-state index in [2.05, 4.69) is 0 Å². The van der Waals surface area contributed by atoms with Crippen molar-refractivity contribution in [3.8, 4) is 0 Å². The second-order valence-corrected chi connectivity index (χ2v) is 6.85. The Morgan fingerprint density at radius 1 is 1.16 bits per heavy atom. The lowest BCUT2D eigenvalue weighted by atomic mass is 10.1. The summed E-state index contributed by atoms with van der Waals surface area (Å²) in [6.45, 7) is 5.33. The molecule has 2 unspecified atom stereocenters. The zero-order valence-electron chi connectivity index (χ0n) is 14.3. The number of benzene rings is 1. The van der Waals surface area contributed by atoms with Gasteiger partial charge < -0.3 is 14.2 Å². The van der Waals surface area contributed by atoms with Gasteiger partial charge in [-0.15, -0.1) is 0 Å². The van der Waals surface area contributed by atoms with Crippen molar-refractivity contribution in [3.63, 3.8) is 0 Å². The van der Waals surface area contributed by atoms with Gasteiger partial charge in [-0.05, 0) is 31.5 Å². The van der Waals surface area contributed by atoms with Gasteiger partial charge in [0, 0.05) is 30.4 Å². The number of carbonyl (C=O) groups is 1. The SMILES string of the molecule is CC1CN(C(=O)c2ccc(=O)n(Cc3ccccc3Cl)c2)CC(C)O1. The van der Waals surface area contributed by atoms with E-state index in [4.69, 9.17) is 16.3 Å². The lowest BCUT2D eigenvalue weighted by Gasteiger charge is -2.35. The molecule has 25 heavy (non-hydrogen) atoms. The van der Waals surface area contributed by atoms with E-state index in [0.717, 1.165) is 5.56 Å². The second kappa shape index (κ2) is 7.42. The molecule has 0 saturated carbocycles. The number of halogens is 1. The predicted octanol–water partition coefficient (Wildman–Crippen LogP) is 2.80. The van der Waals surface area contributed by atoms with E-state index in [9.17, 15) is 9.59 Å². The molecule has 1 aromatic carbocycles. The molecular formula is C19H21ClN2O3. The lowest BCUT2D eigenvalue weighted by Crippen LogP contribution is -2.48. The predicted molar refractivity (Wildman–Crippen MR) is 97.2 cm³/mol. The smallest absolute Gasteiger partial charge is 0.255 e. The first kappa shape index (κ1) is 17.7. The highest BCUT2D eigenvalue weighted by Gasteiger charge is 2.26. The van der Waals surface area contributed by atoms with Gasteiger partial charge in [0.1, 0.15) is 0 Å². The van der Waals surface area contributed by atoms with Crippen LogP contribution in [0.15, 0.2) is 47.4 Å². The zero-order valence-corrected chi connectivity index (χ0v) is 15.1. The van der Waals surface area contributed by atoms with E-state index < -0.39 is 0 Å². The quantitative estimate of drug-likeness (QED) is 0.845. The van der Waals surface area contributed by atoms with Gasteiger partial charge in [0.2, 0.25) is 0 Å². The number of amides is 1. The summed E-state index contributed by atoms with van der Waals surface area (Å²) in [6, 6.07) is 10.4. The van der Waals surface area contributed by atoms with Gasteiger partial charge in [0.25, 0.3) is 11.5 Å². The molecule has 1 amide bonds. The fourth-order valence-electron chi connectivity index (χ4n) is 3.12. The maximum Gasteiger partial charge on any atom is 0.255 e. The van der Waals surface area contributed by atoms with E-state index in [1.807, 2.05) is 32.0 Å². The van der Waals surface area contributed by atoms with Gasteiger partial charge in [-0.25, -0.2) is 0 Å². The zero-order chi connectivity index (χ0) is 18.0. The minimum Gasteiger partial charge on any atom is -0.372 e. The van der Waals surface area contributed by atoms with Crippen LogP contribution in [-0.4, -0.2) is 40.7 Å². The molecule has 0 aliphatic carbocycles. The lowest BCUT2D eigenvalue weighted by molar-refractivity contribution is -0.0586. The monoisotopic (exact) mass is 360 g/mol. The highest BCUT2D eigenvalue weighted by Crippen LogP contribution is 2.17. The summed E-state index contributed by atoms with van der Waals surface area (Å²) >= 11 is 6.18. The Balaban J connectivity index is 1.85. The highest BCUT2D eigenvalue weighted by molar-refractivity contribution is 6.31. The van der Waals surface area contributed by atoms with Crippen molar-refractivity contribution in [1.29, 1.82) is 0 Å². The Labute approximate surface area is 151 Å². The summed E-state index contributed by atoms with van der Waals surface area (Å²) in [6.07, 6.45) is 1.61. The van der Waals surface area contributed by atoms with Gasteiger partial charge >= 0.3 is 0 Å². The highest BCUT2D eigenvalue weighted by atomic mass is 35.5. The Bertz CT molecular complexity index is 823. The molecule has 1 aliphatic heterocycles. The summed E-state index contributed by atoms with van der Waals surface area (Å²) < 4.78 is 7.19. The molecule has 2 heterocycles. The van der Waals surface area contributed by atoms with Gasteiger partial charge in [-0.2, -0.15) is 0 Å². The standard InChI is InChI=1S/C19H21ClN2O3/c1-13-9-22(10-14(2)25-13)19(24)16-7-8-18(23)21(12-16)11-15-5-3-4-6-17(15)20/h3-8,12-14H,9-11H2,1-2H3. The molecule has 0 radical (unpaired) electrons. The van der Waals surface area contributed by atoms with Crippen LogP contribution in [0.2, 0.25) is 5.02 Å². The summed E-state index contributed by atoms with van der Waals surface area (Å²) in [5.41, 5.74) is 1.16. The third-order valence-electron chi connectivity index (χ3n) is 4.24. The third kappa shape index (κ3) is 4.11. The number of rotatable bonds is 3. The third-order valence-corrected chi connectivity index (χ3v) is 4.60.